The number of nitrogens with zero attached hydrogens (tertiary/aromatic N) is 1. The zero-order valence-corrected chi connectivity index (χ0v) is 26.5. The summed E-state index contributed by atoms with van der Waals surface area (Å²) in [7, 11) is 2.03. The molecule has 4 aromatic rings. The van der Waals surface area contributed by atoms with E-state index in [-0.39, 0.29) is 36.7 Å². The Hall–Kier alpha value is -3.85. The number of hydrogen-bond donors (Lipinski definition) is 3. The van der Waals surface area contributed by atoms with E-state index in [0.29, 0.717) is 13.1 Å². The number of nitrogens with one attached hydrogen (secondary N) is 1. The predicted octanol–water partition coefficient (Wildman–Crippen LogP) is 6.33. The smallest absolute Gasteiger partial charge is 0.217 e. The van der Waals surface area contributed by atoms with E-state index in [1.807, 2.05) is 92.8 Å². The van der Waals surface area contributed by atoms with Crippen LogP contribution in [-0.2, 0) is 27.4 Å². The van der Waals surface area contributed by atoms with Gasteiger partial charge in [0.05, 0.1) is 24.9 Å². The van der Waals surface area contributed by atoms with E-state index >= 15 is 0 Å². The molecule has 0 aliphatic carbocycles. The van der Waals surface area contributed by atoms with Crippen LogP contribution in [0.15, 0.2) is 103 Å². The van der Waals surface area contributed by atoms with Gasteiger partial charge in [0.15, 0.2) is 6.29 Å². The molecule has 45 heavy (non-hydrogen) atoms. The van der Waals surface area contributed by atoms with Crippen molar-refractivity contribution in [3.05, 3.63) is 131 Å². The maximum atomic E-state index is 11.4. The van der Waals surface area contributed by atoms with Gasteiger partial charge in [0.25, 0.3) is 0 Å². The molecule has 0 bridgehead atoms. The highest BCUT2D eigenvalue weighted by molar-refractivity contribution is 5.73. The van der Waals surface area contributed by atoms with Gasteiger partial charge in [-0.3, -0.25) is 9.69 Å². The van der Waals surface area contributed by atoms with Crippen molar-refractivity contribution in [2.45, 2.75) is 64.6 Å². The number of aliphatic hydroxyl groups is 2. The third-order valence-electron chi connectivity index (χ3n) is 8.87. The first-order valence-electron chi connectivity index (χ1n) is 15.6. The van der Waals surface area contributed by atoms with Crippen molar-refractivity contribution in [1.82, 2.24) is 10.2 Å². The molecule has 5 rings (SSSR count). The normalized spacial score (nSPS) is 21.3. The summed E-state index contributed by atoms with van der Waals surface area (Å²) in [6, 6.07) is 33.9. The molecule has 7 nitrogen and oxygen atoms in total. The van der Waals surface area contributed by atoms with Crippen LogP contribution in [0.4, 0.5) is 0 Å². The highest BCUT2D eigenvalue weighted by Gasteiger charge is 2.39. The molecular weight excluding hydrogens is 564 g/mol. The van der Waals surface area contributed by atoms with Crippen LogP contribution in [0.1, 0.15) is 67.1 Å². The van der Waals surface area contributed by atoms with Gasteiger partial charge in [0.1, 0.15) is 0 Å². The summed E-state index contributed by atoms with van der Waals surface area (Å²) in [5.74, 6) is -0.0316. The van der Waals surface area contributed by atoms with Crippen molar-refractivity contribution < 1.29 is 24.5 Å². The van der Waals surface area contributed by atoms with Crippen LogP contribution >= 0.6 is 0 Å². The van der Waals surface area contributed by atoms with Crippen molar-refractivity contribution in [2.75, 3.05) is 13.6 Å². The second kappa shape index (κ2) is 15.0. The molecule has 7 heteroatoms. The highest BCUT2D eigenvalue weighted by Crippen LogP contribution is 2.42. The van der Waals surface area contributed by atoms with E-state index in [9.17, 15) is 15.0 Å². The molecule has 0 radical (unpaired) electrons. The van der Waals surface area contributed by atoms with Gasteiger partial charge in [-0.1, -0.05) is 104 Å². The molecule has 0 unspecified atom stereocenters. The monoisotopic (exact) mass is 608 g/mol. The first-order valence-corrected chi connectivity index (χ1v) is 15.6. The van der Waals surface area contributed by atoms with E-state index in [1.165, 1.54) is 6.92 Å². The summed E-state index contributed by atoms with van der Waals surface area (Å²) in [6.07, 6.45) is -1.62. The predicted molar refractivity (Wildman–Crippen MR) is 176 cm³/mol. The Bertz CT molecular complexity index is 1530. The third-order valence-corrected chi connectivity index (χ3v) is 8.87. The Balaban J connectivity index is 1.37. The molecule has 236 valence electrons. The van der Waals surface area contributed by atoms with Gasteiger partial charge in [-0.15, -0.1) is 0 Å². The summed E-state index contributed by atoms with van der Waals surface area (Å²) >= 11 is 0. The lowest BCUT2D eigenvalue weighted by Crippen LogP contribution is -2.46. The summed E-state index contributed by atoms with van der Waals surface area (Å²) in [5, 5.41) is 23.5. The van der Waals surface area contributed by atoms with Crippen LogP contribution < -0.4 is 5.32 Å². The maximum absolute atomic E-state index is 11.4. The average Bonchev–Trinajstić information content (AvgIpc) is 3.08. The summed E-state index contributed by atoms with van der Waals surface area (Å²) < 4.78 is 13.3. The number of aliphatic hydroxyl groups excluding tert-OH is 2. The average molecular weight is 609 g/mol. The van der Waals surface area contributed by atoms with Crippen LogP contribution in [-0.4, -0.2) is 46.8 Å². The fourth-order valence-electron chi connectivity index (χ4n) is 5.87. The number of amides is 1. The molecular formula is C38H44N2O5. The molecule has 4 aromatic carbocycles. The zero-order chi connectivity index (χ0) is 31.9. The van der Waals surface area contributed by atoms with Gasteiger partial charge in [-0.2, -0.15) is 0 Å². The molecule has 0 saturated carbocycles. The second-order valence-corrected chi connectivity index (χ2v) is 12.1. The minimum absolute atomic E-state index is 0.00929. The van der Waals surface area contributed by atoms with Crippen LogP contribution in [0.3, 0.4) is 0 Å². The van der Waals surface area contributed by atoms with Crippen molar-refractivity contribution in [3.8, 4) is 11.1 Å². The zero-order valence-electron chi connectivity index (χ0n) is 26.5. The van der Waals surface area contributed by atoms with Gasteiger partial charge in [0, 0.05) is 37.5 Å². The molecule has 1 heterocycles. The number of carbonyl (C=O) groups is 1. The van der Waals surface area contributed by atoms with Crippen LogP contribution in [0.5, 0.6) is 0 Å². The van der Waals surface area contributed by atoms with Gasteiger partial charge < -0.3 is 25.0 Å². The van der Waals surface area contributed by atoms with E-state index in [0.717, 1.165) is 38.9 Å². The lowest BCUT2D eigenvalue weighted by Gasteiger charge is -2.43. The Labute approximate surface area is 266 Å². The van der Waals surface area contributed by atoms with Crippen LogP contribution in [0.2, 0.25) is 0 Å². The van der Waals surface area contributed by atoms with Crippen molar-refractivity contribution >= 4 is 5.91 Å². The van der Waals surface area contributed by atoms with Gasteiger partial charge in [-0.05, 0) is 53.4 Å². The molecule has 1 saturated heterocycles. The van der Waals surface area contributed by atoms with Gasteiger partial charge >= 0.3 is 0 Å². The molecule has 1 amide bonds. The Morgan fingerprint density at radius 2 is 1.56 bits per heavy atom. The molecule has 1 fully saturated rings. The molecule has 1 aliphatic heterocycles. The Morgan fingerprint density at radius 1 is 0.867 bits per heavy atom. The first kappa shape index (κ1) is 32.5. The standard InChI is InChI=1S/C38H44N2O5/c1-25-35(23-40(4)26(2)36(43)31-10-6-5-7-11-31)44-38(45-37(25)32-15-13-28(24-41)14-16-32)33-19-17-30(18-20-33)34-12-8-9-29(21-34)22-39-27(3)42/h5-21,25-26,35-38,41,43H,22-24H2,1-4H3,(H,39,42)/t25-,26-,35+,36-,37+,38+/m0/s1. The van der Waals surface area contributed by atoms with Crippen molar-refractivity contribution in [3.63, 3.8) is 0 Å². The largest absolute Gasteiger partial charge is 0.392 e. The fraction of sp³-hybridized carbons (Fsp3) is 0.342. The highest BCUT2D eigenvalue weighted by atomic mass is 16.7. The molecule has 0 aromatic heterocycles. The van der Waals surface area contributed by atoms with Crippen LogP contribution in [0, 0.1) is 5.92 Å². The maximum Gasteiger partial charge on any atom is 0.217 e. The van der Waals surface area contributed by atoms with Crippen LogP contribution in [0.25, 0.3) is 11.1 Å². The van der Waals surface area contributed by atoms with Gasteiger partial charge in [-0.25, -0.2) is 0 Å². The first-order chi connectivity index (χ1) is 21.7. The van der Waals surface area contributed by atoms with E-state index < -0.39 is 12.4 Å². The molecule has 1 aliphatic rings. The quantitative estimate of drug-likeness (QED) is 0.184. The number of ether oxygens (including phenoxy) is 2. The lowest BCUT2D eigenvalue weighted by molar-refractivity contribution is -0.276. The third kappa shape index (κ3) is 8.06. The number of benzene rings is 4. The second-order valence-electron chi connectivity index (χ2n) is 12.1. The molecule has 6 atom stereocenters. The minimum atomic E-state index is -0.631. The Kier molecular flexibility index (Phi) is 10.8. The number of hydrogen-bond acceptors (Lipinski definition) is 6. The number of likely N-dealkylation sites (N-methyl/N-ethyl adjacent to an activating group) is 1. The number of rotatable bonds is 11. The topological polar surface area (TPSA) is 91.3 Å². The number of carbonyl (C=O) groups excluding carboxylic acids is 1. The lowest BCUT2D eigenvalue weighted by atomic mass is 9.89. The van der Waals surface area contributed by atoms with Gasteiger partial charge in [0.2, 0.25) is 5.91 Å². The van der Waals surface area contributed by atoms with Crippen molar-refractivity contribution in [2.24, 2.45) is 5.92 Å². The summed E-state index contributed by atoms with van der Waals surface area (Å²) in [4.78, 5) is 13.5. The SMILES string of the molecule is CC(=O)NCc1cccc(-c2ccc([C@@H]3O[C@H](CN(C)[C@@H](C)[C@H](O)c4ccccc4)[C@H](C)[C@H](c4ccc(CO)cc4)O3)cc2)c1. The van der Waals surface area contributed by atoms with E-state index in [2.05, 4.69) is 41.4 Å². The fourth-order valence-corrected chi connectivity index (χ4v) is 5.87. The summed E-state index contributed by atoms with van der Waals surface area (Å²) in [5.41, 5.74) is 6.85. The molecule has 0 spiro atoms. The van der Waals surface area contributed by atoms with E-state index in [1.54, 1.807) is 0 Å². The molecule has 3 N–H and O–H groups in total. The Morgan fingerprint density at radius 3 is 2.22 bits per heavy atom. The van der Waals surface area contributed by atoms with Crippen molar-refractivity contribution in [1.29, 1.82) is 0 Å². The van der Waals surface area contributed by atoms with E-state index in [4.69, 9.17) is 9.47 Å². The minimum Gasteiger partial charge on any atom is -0.392 e. The summed E-state index contributed by atoms with van der Waals surface area (Å²) in [6.45, 7) is 6.79.